The van der Waals surface area contributed by atoms with Crippen molar-refractivity contribution in [2.75, 3.05) is 0 Å². The SMILES string of the molecule is CC(NC(=O)C(C)N1C(=O)CC2(CCCC2)C1=O)c1ccc(F)cc1. The summed E-state index contributed by atoms with van der Waals surface area (Å²) in [5.41, 5.74) is 0.182. The Kier molecular flexibility index (Phi) is 4.62. The highest BCUT2D eigenvalue weighted by Gasteiger charge is 2.54. The number of nitrogens with zero attached hydrogens (tertiary/aromatic N) is 1. The highest BCUT2D eigenvalue weighted by molar-refractivity contribution is 6.09. The van der Waals surface area contributed by atoms with Gasteiger partial charge in [0.25, 0.3) is 0 Å². The number of imide groups is 1. The molecule has 5 nitrogen and oxygen atoms in total. The Morgan fingerprint density at radius 3 is 2.36 bits per heavy atom. The summed E-state index contributed by atoms with van der Waals surface area (Å²) in [6.45, 7) is 3.36. The summed E-state index contributed by atoms with van der Waals surface area (Å²) in [5.74, 6) is -1.18. The molecule has 25 heavy (non-hydrogen) atoms. The number of nitrogens with one attached hydrogen (secondary N) is 1. The van der Waals surface area contributed by atoms with Gasteiger partial charge >= 0.3 is 0 Å². The molecule has 0 aromatic heterocycles. The number of hydrogen-bond donors (Lipinski definition) is 1. The first-order chi connectivity index (χ1) is 11.8. The first-order valence-electron chi connectivity index (χ1n) is 8.76. The molecule has 2 aliphatic rings. The summed E-state index contributed by atoms with van der Waals surface area (Å²) < 4.78 is 13.0. The third-order valence-electron chi connectivity index (χ3n) is 5.49. The van der Waals surface area contributed by atoms with E-state index in [1.54, 1.807) is 26.0 Å². The summed E-state index contributed by atoms with van der Waals surface area (Å²) in [4.78, 5) is 38.8. The molecule has 1 saturated carbocycles. The molecule has 0 bridgehead atoms. The first kappa shape index (κ1) is 17.6. The van der Waals surface area contributed by atoms with Gasteiger partial charge in [-0.2, -0.15) is 0 Å². The standard InChI is InChI=1S/C19H23FN2O3/c1-12(14-5-7-15(20)8-6-14)21-17(24)13(2)22-16(23)11-19(18(22)25)9-3-4-10-19/h5-8,12-13H,3-4,9-11H2,1-2H3,(H,21,24). The van der Waals surface area contributed by atoms with Gasteiger partial charge in [-0.25, -0.2) is 4.39 Å². The fourth-order valence-corrected chi connectivity index (χ4v) is 3.94. The lowest BCUT2D eigenvalue weighted by Gasteiger charge is -2.26. The number of rotatable bonds is 4. The molecule has 1 heterocycles. The third kappa shape index (κ3) is 3.17. The Balaban J connectivity index is 1.68. The third-order valence-corrected chi connectivity index (χ3v) is 5.49. The van der Waals surface area contributed by atoms with E-state index >= 15 is 0 Å². The highest BCUT2D eigenvalue weighted by Crippen LogP contribution is 2.47. The van der Waals surface area contributed by atoms with Crippen LogP contribution in [0.1, 0.15) is 57.6 Å². The summed E-state index contributed by atoms with van der Waals surface area (Å²) in [5, 5.41) is 2.80. The van der Waals surface area contributed by atoms with E-state index in [0.29, 0.717) is 0 Å². The Morgan fingerprint density at radius 1 is 1.16 bits per heavy atom. The fourth-order valence-electron chi connectivity index (χ4n) is 3.94. The second kappa shape index (κ2) is 6.58. The van der Waals surface area contributed by atoms with Crippen molar-refractivity contribution in [3.63, 3.8) is 0 Å². The van der Waals surface area contributed by atoms with Crippen LogP contribution in [0.2, 0.25) is 0 Å². The largest absolute Gasteiger partial charge is 0.348 e. The van der Waals surface area contributed by atoms with E-state index in [0.717, 1.165) is 36.1 Å². The quantitative estimate of drug-likeness (QED) is 0.853. The maximum atomic E-state index is 13.0. The van der Waals surface area contributed by atoms with Crippen molar-refractivity contribution in [2.24, 2.45) is 5.41 Å². The number of amides is 3. The molecular formula is C19H23FN2O3. The van der Waals surface area contributed by atoms with Crippen LogP contribution < -0.4 is 5.32 Å². The second-order valence-electron chi connectivity index (χ2n) is 7.19. The van der Waals surface area contributed by atoms with Crippen LogP contribution in [-0.2, 0) is 14.4 Å². The first-order valence-corrected chi connectivity index (χ1v) is 8.76. The van der Waals surface area contributed by atoms with E-state index in [2.05, 4.69) is 5.32 Å². The monoisotopic (exact) mass is 346 g/mol. The minimum absolute atomic E-state index is 0.202. The summed E-state index contributed by atoms with van der Waals surface area (Å²) >= 11 is 0. The zero-order chi connectivity index (χ0) is 18.2. The van der Waals surface area contributed by atoms with Gasteiger partial charge in [0.05, 0.1) is 11.5 Å². The maximum Gasteiger partial charge on any atom is 0.243 e. The van der Waals surface area contributed by atoms with Crippen LogP contribution in [0.3, 0.4) is 0 Å². The van der Waals surface area contributed by atoms with Gasteiger partial charge < -0.3 is 5.32 Å². The van der Waals surface area contributed by atoms with Gasteiger partial charge in [0, 0.05) is 6.42 Å². The molecule has 1 saturated heterocycles. The zero-order valence-corrected chi connectivity index (χ0v) is 14.5. The molecule has 134 valence electrons. The van der Waals surface area contributed by atoms with Crippen molar-refractivity contribution in [2.45, 2.75) is 58.0 Å². The molecule has 3 amide bonds. The van der Waals surface area contributed by atoms with Crippen LogP contribution in [0.4, 0.5) is 4.39 Å². The Morgan fingerprint density at radius 2 is 1.76 bits per heavy atom. The molecule has 1 N–H and O–H groups in total. The molecule has 1 aliphatic carbocycles. The van der Waals surface area contributed by atoms with Gasteiger partial charge in [0.1, 0.15) is 11.9 Å². The Hall–Kier alpha value is -2.24. The zero-order valence-electron chi connectivity index (χ0n) is 14.5. The van der Waals surface area contributed by atoms with Crippen molar-refractivity contribution in [3.8, 4) is 0 Å². The number of carbonyl (C=O) groups excluding carboxylic acids is 3. The molecule has 2 atom stereocenters. The van der Waals surface area contributed by atoms with E-state index in [9.17, 15) is 18.8 Å². The lowest BCUT2D eigenvalue weighted by atomic mass is 9.84. The van der Waals surface area contributed by atoms with E-state index < -0.39 is 11.5 Å². The van der Waals surface area contributed by atoms with E-state index in [1.807, 2.05) is 0 Å². The Bertz CT molecular complexity index is 695. The number of halogens is 1. The molecule has 0 radical (unpaired) electrons. The lowest BCUT2D eigenvalue weighted by Crippen LogP contribution is -2.49. The highest BCUT2D eigenvalue weighted by atomic mass is 19.1. The van der Waals surface area contributed by atoms with Gasteiger partial charge in [-0.1, -0.05) is 25.0 Å². The van der Waals surface area contributed by atoms with Crippen LogP contribution in [0.25, 0.3) is 0 Å². The van der Waals surface area contributed by atoms with Crippen LogP contribution in [0.5, 0.6) is 0 Å². The molecule has 1 spiro atoms. The predicted molar refractivity (Wildman–Crippen MR) is 89.8 cm³/mol. The van der Waals surface area contributed by atoms with E-state index in [1.165, 1.54) is 12.1 Å². The van der Waals surface area contributed by atoms with Gasteiger partial charge in [-0.05, 0) is 44.4 Å². The van der Waals surface area contributed by atoms with Gasteiger partial charge in [-0.15, -0.1) is 0 Å². The van der Waals surface area contributed by atoms with Crippen LogP contribution in [0, 0.1) is 11.2 Å². The normalized spacial score (nSPS) is 21.6. The average molecular weight is 346 g/mol. The molecular weight excluding hydrogens is 323 g/mol. The predicted octanol–water partition coefficient (Wildman–Crippen LogP) is 2.71. The van der Waals surface area contributed by atoms with Gasteiger partial charge in [-0.3, -0.25) is 19.3 Å². The van der Waals surface area contributed by atoms with Crippen molar-refractivity contribution >= 4 is 17.7 Å². The number of carbonyl (C=O) groups is 3. The molecule has 2 unspecified atom stereocenters. The molecule has 1 aliphatic heterocycles. The summed E-state index contributed by atoms with van der Waals surface area (Å²) in [6, 6.07) is 4.68. The van der Waals surface area contributed by atoms with Crippen molar-refractivity contribution in [1.82, 2.24) is 10.2 Å². The second-order valence-corrected chi connectivity index (χ2v) is 7.19. The fraction of sp³-hybridized carbons (Fsp3) is 0.526. The number of likely N-dealkylation sites (tertiary alicyclic amines) is 1. The summed E-state index contributed by atoms with van der Waals surface area (Å²) in [6.07, 6.45) is 3.59. The molecule has 3 rings (SSSR count). The Labute approximate surface area is 146 Å². The lowest BCUT2D eigenvalue weighted by molar-refractivity contribution is -0.148. The molecule has 1 aromatic carbocycles. The van der Waals surface area contributed by atoms with Crippen LogP contribution >= 0.6 is 0 Å². The van der Waals surface area contributed by atoms with Crippen molar-refractivity contribution in [1.29, 1.82) is 0 Å². The van der Waals surface area contributed by atoms with E-state index in [4.69, 9.17) is 0 Å². The number of hydrogen-bond acceptors (Lipinski definition) is 3. The summed E-state index contributed by atoms with van der Waals surface area (Å²) in [7, 11) is 0. The van der Waals surface area contributed by atoms with Crippen LogP contribution in [0.15, 0.2) is 24.3 Å². The molecule has 6 heteroatoms. The smallest absolute Gasteiger partial charge is 0.243 e. The maximum absolute atomic E-state index is 13.0. The topological polar surface area (TPSA) is 66.5 Å². The minimum atomic E-state index is -0.845. The number of benzene rings is 1. The molecule has 2 fully saturated rings. The minimum Gasteiger partial charge on any atom is -0.348 e. The van der Waals surface area contributed by atoms with Crippen molar-refractivity contribution < 1.29 is 18.8 Å². The molecule has 1 aromatic rings. The van der Waals surface area contributed by atoms with E-state index in [-0.39, 0.29) is 36.0 Å². The van der Waals surface area contributed by atoms with Gasteiger partial charge in [0.15, 0.2) is 0 Å². The van der Waals surface area contributed by atoms with Crippen molar-refractivity contribution in [3.05, 3.63) is 35.6 Å². The van der Waals surface area contributed by atoms with Crippen LogP contribution in [-0.4, -0.2) is 28.7 Å². The average Bonchev–Trinajstić information content (AvgIpc) is 3.13. The van der Waals surface area contributed by atoms with Gasteiger partial charge in [0.2, 0.25) is 17.7 Å².